The van der Waals surface area contributed by atoms with Crippen LogP contribution in [0.1, 0.15) is 341 Å². The number of rotatable bonds is 8. The lowest BCUT2D eigenvalue weighted by atomic mass is 9.44. The van der Waals surface area contributed by atoms with E-state index in [0.717, 1.165) is 150 Å². The van der Waals surface area contributed by atoms with Gasteiger partial charge in [0.1, 0.15) is 41.4 Å². The molecule has 0 aromatic heterocycles. The fraction of sp³-hybridized carbons (Fsp3) is 0.923. The summed E-state index contributed by atoms with van der Waals surface area (Å²) in [6.45, 7) is 33.8. The Morgan fingerprint density at radius 1 is 0.353 bits per heavy atom. The number of aliphatic hydroxyl groups is 1. The van der Waals surface area contributed by atoms with Crippen LogP contribution in [0.3, 0.4) is 0 Å². The van der Waals surface area contributed by atoms with E-state index in [4.69, 9.17) is 14.2 Å². The predicted octanol–water partition coefficient (Wildman–Crippen LogP) is 20.5. The van der Waals surface area contributed by atoms with Gasteiger partial charge in [-0.15, -0.1) is 0 Å². The van der Waals surface area contributed by atoms with E-state index in [-0.39, 0.29) is 87.7 Å². The van der Waals surface area contributed by atoms with Crippen LogP contribution in [-0.4, -0.2) is 70.6 Å². The molecule has 0 spiro atoms. The molecule has 16 fully saturated rings. The second kappa shape index (κ2) is 29.1. The number of ether oxygens (including phenoxy) is 3. The SMILES string of the molecule is CC(=O)O[C@H]1CC[C@H]2[C@@H]3CC[C@H]4CC(=O)[C@H](C)C[C@]4(C)[C@H]3CC[C@]12C.CCC(=O)O[C@H]1CC[C@H]2[C@@H]3CC[C@H]4CC(=O)[C@H](C)C[C@]4(C)[C@H]3CC[C@]12C.CCCCCC(=O)O[C@H]1CC[C@H]2[C@@H]3CC[C@H]4CC(=O)[C@H](C)C[C@]4(C)[C@H]3CC[C@]12C.C[C@@H]1C[C@@]2(C)[C@@H](CC[C@@H]3[C@@H]2CC[C@]2(C)[C@@H](O)CC[C@@H]32)CC1=O. The maximum absolute atomic E-state index is 12.4. The van der Waals surface area contributed by atoms with E-state index in [1.54, 1.807) is 6.92 Å². The van der Waals surface area contributed by atoms with Crippen molar-refractivity contribution in [1.29, 1.82) is 0 Å². The quantitative estimate of drug-likeness (QED) is 0.140. The average Bonchev–Trinajstić information content (AvgIpc) is 1.37. The largest absolute Gasteiger partial charge is 0.462 e. The summed E-state index contributed by atoms with van der Waals surface area (Å²) in [7, 11) is 0. The first-order valence-electron chi connectivity index (χ1n) is 43.6. The van der Waals surface area contributed by atoms with Gasteiger partial charge in [-0.05, 0) is 308 Å². The van der Waals surface area contributed by atoms with Crippen molar-refractivity contribution in [2.45, 2.75) is 366 Å². The highest BCUT2D eigenvalue weighted by Gasteiger charge is 2.67. The summed E-state index contributed by atoms with van der Waals surface area (Å²) in [6, 6.07) is 0. The van der Waals surface area contributed by atoms with Crippen LogP contribution >= 0.6 is 0 Å². The molecule has 11 heteroatoms. The molecule has 0 radical (unpaired) electrons. The van der Waals surface area contributed by atoms with Gasteiger partial charge in [-0.25, -0.2) is 0 Å². The number of esters is 3. The van der Waals surface area contributed by atoms with Crippen molar-refractivity contribution in [3.8, 4) is 0 Å². The van der Waals surface area contributed by atoms with Crippen LogP contribution < -0.4 is 0 Å². The zero-order chi connectivity index (χ0) is 73.2. The summed E-state index contributed by atoms with van der Waals surface area (Å²) < 4.78 is 17.7. The van der Waals surface area contributed by atoms with Crippen LogP contribution in [0.15, 0.2) is 0 Å². The molecule has 574 valence electrons. The van der Waals surface area contributed by atoms with Gasteiger partial charge < -0.3 is 19.3 Å². The third-order valence-electron chi connectivity index (χ3n) is 37.1. The molecule has 0 heterocycles. The second-order valence-electron chi connectivity index (χ2n) is 41.6. The molecule has 0 saturated heterocycles. The fourth-order valence-electron chi connectivity index (χ4n) is 31.2. The van der Waals surface area contributed by atoms with E-state index in [1.807, 2.05) is 6.92 Å². The Kier molecular flexibility index (Phi) is 22.1. The van der Waals surface area contributed by atoms with Gasteiger partial charge in [0.2, 0.25) is 0 Å². The molecular weight excluding hydrogens is 1270 g/mol. The molecular formula is C91H144O11. The normalized spacial score (nSPS) is 51.4. The Bertz CT molecular complexity index is 3120. The highest BCUT2D eigenvalue weighted by atomic mass is 16.6. The van der Waals surface area contributed by atoms with Crippen LogP contribution in [0, 0.1) is 162 Å². The summed E-state index contributed by atoms with van der Waals surface area (Å²) in [5, 5.41) is 10.5. The Labute approximate surface area is 618 Å². The molecule has 1 N–H and O–H groups in total. The maximum Gasteiger partial charge on any atom is 0.306 e. The first kappa shape index (κ1) is 77.2. The Balaban J connectivity index is 0.000000122. The standard InChI is InChI=1S/C26H42O3.C23H36O3.C22H34O3.C20H32O2/c1-5-6-7-8-24(28)29-23-12-11-20-19-10-9-18-15-22(27)17(2)16-26(18,4)21(19)13-14-25(20,23)3;1-5-21(25)26-20-9-8-17-16-7-6-15-12-19(24)14(2)13-23(15,4)18(16)10-11-22(17,20)3;1-13-12-22(4)15(11-19(13)24)5-6-16-17-7-8-20(25-14(2)23)21(17,3)10-9-18(16)22;1-12-11-20(3)13(10-17(12)21)4-5-14-15-6-7-18(22)19(15,2)9-8-16(14)20/h17-21,23H,5-16H2,1-4H3;14-18,20H,5-13H2,1-4H3;13,15-18,20H,5-12H2,1-4H3;12-16,18,22H,4-11H2,1-3H3/t17-,18+,19+,20+,21+,23+,25+,26+;14-,15+,16+,17+,18+,20+,22+,23+;13-,15+,16+,17+,18+,20+,21+,22+;12-,13+,14+,15+,16+,18+,19+,20+/m1111/s1. The maximum atomic E-state index is 12.4. The molecule has 0 bridgehead atoms. The second-order valence-corrected chi connectivity index (χ2v) is 41.6. The first-order valence-corrected chi connectivity index (χ1v) is 43.6. The molecule has 11 nitrogen and oxygen atoms in total. The van der Waals surface area contributed by atoms with Crippen LogP contribution in [0.25, 0.3) is 0 Å². The minimum absolute atomic E-state index is 0.0303. The number of carbonyl (C=O) groups excluding carboxylic acids is 7. The third-order valence-corrected chi connectivity index (χ3v) is 37.1. The number of hydrogen-bond donors (Lipinski definition) is 1. The summed E-state index contributed by atoms with van der Waals surface area (Å²) >= 11 is 0. The van der Waals surface area contributed by atoms with Gasteiger partial charge in [0.25, 0.3) is 0 Å². The molecule has 16 aliphatic rings. The molecule has 16 rings (SSSR count). The van der Waals surface area contributed by atoms with E-state index < -0.39 is 0 Å². The Morgan fingerprint density at radius 3 is 0.951 bits per heavy atom. The number of unbranched alkanes of at least 4 members (excludes halogenated alkanes) is 2. The van der Waals surface area contributed by atoms with Gasteiger partial charge in [-0.3, -0.25) is 33.6 Å². The molecule has 16 aliphatic carbocycles. The number of carbonyl (C=O) groups is 7. The van der Waals surface area contributed by atoms with Gasteiger partial charge in [0.05, 0.1) is 6.10 Å². The molecule has 102 heavy (non-hydrogen) atoms. The molecule has 0 unspecified atom stereocenters. The first-order chi connectivity index (χ1) is 48.2. The van der Waals surface area contributed by atoms with Crippen molar-refractivity contribution in [2.75, 3.05) is 0 Å². The summed E-state index contributed by atoms with van der Waals surface area (Å²) in [4.78, 5) is 85.1. The van der Waals surface area contributed by atoms with E-state index in [1.165, 1.54) is 128 Å². The Morgan fingerprint density at radius 2 is 0.637 bits per heavy atom. The lowest BCUT2D eigenvalue weighted by Crippen LogP contribution is -2.55. The summed E-state index contributed by atoms with van der Waals surface area (Å²) in [5.41, 5.74) is 2.10. The lowest BCUT2D eigenvalue weighted by Gasteiger charge is -2.60. The molecule has 32 atom stereocenters. The van der Waals surface area contributed by atoms with Crippen molar-refractivity contribution in [3.63, 3.8) is 0 Å². The zero-order valence-electron chi connectivity index (χ0n) is 67.0. The number of hydrogen-bond acceptors (Lipinski definition) is 11. The topological polar surface area (TPSA) is 167 Å². The summed E-state index contributed by atoms with van der Waals surface area (Å²) in [5.74, 6) is 14.3. The Hall–Kier alpha value is -2.95. The van der Waals surface area contributed by atoms with Crippen LogP contribution in [0.5, 0.6) is 0 Å². The zero-order valence-corrected chi connectivity index (χ0v) is 67.0. The van der Waals surface area contributed by atoms with E-state index in [2.05, 4.69) is 90.0 Å². The van der Waals surface area contributed by atoms with Crippen molar-refractivity contribution >= 4 is 41.0 Å². The number of Topliss-reactive ketones (excluding diaryl/α,β-unsaturated/α-hetero) is 4. The van der Waals surface area contributed by atoms with Gasteiger partial charge in [-0.2, -0.15) is 0 Å². The van der Waals surface area contributed by atoms with Crippen LogP contribution in [-0.2, 0) is 47.8 Å². The van der Waals surface area contributed by atoms with Crippen molar-refractivity contribution in [2.24, 2.45) is 162 Å². The van der Waals surface area contributed by atoms with Crippen molar-refractivity contribution < 1.29 is 52.9 Å². The van der Waals surface area contributed by atoms with Crippen molar-refractivity contribution in [3.05, 3.63) is 0 Å². The smallest absolute Gasteiger partial charge is 0.306 e. The summed E-state index contributed by atoms with van der Waals surface area (Å²) in [6.07, 6.45) is 41.2. The van der Waals surface area contributed by atoms with Crippen molar-refractivity contribution in [1.82, 2.24) is 0 Å². The van der Waals surface area contributed by atoms with Crippen LogP contribution in [0.4, 0.5) is 0 Å². The number of fused-ring (bicyclic) bond motifs is 20. The van der Waals surface area contributed by atoms with E-state index in [0.29, 0.717) is 99.1 Å². The van der Waals surface area contributed by atoms with Gasteiger partial charge in [0.15, 0.2) is 0 Å². The fourth-order valence-corrected chi connectivity index (χ4v) is 31.2. The molecule has 16 saturated carbocycles. The van der Waals surface area contributed by atoms with Gasteiger partial charge in [0, 0.05) is 85.4 Å². The van der Waals surface area contributed by atoms with Gasteiger partial charge in [-0.1, -0.05) is 110 Å². The number of ketones is 4. The van der Waals surface area contributed by atoms with Crippen LogP contribution in [0.2, 0.25) is 0 Å². The molecule has 0 aromatic carbocycles. The van der Waals surface area contributed by atoms with Gasteiger partial charge >= 0.3 is 17.9 Å². The predicted molar refractivity (Wildman–Crippen MR) is 401 cm³/mol. The third kappa shape index (κ3) is 13.2. The van der Waals surface area contributed by atoms with E-state index >= 15 is 0 Å². The molecule has 0 aliphatic heterocycles. The monoisotopic (exact) mass is 1410 g/mol. The minimum atomic E-state index is -0.121. The lowest BCUT2D eigenvalue weighted by molar-refractivity contribution is -0.166. The highest BCUT2D eigenvalue weighted by molar-refractivity contribution is 5.83. The minimum Gasteiger partial charge on any atom is -0.462 e. The molecule has 0 aromatic rings. The van der Waals surface area contributed by atoms with E-state index in [9.17, 15) is 38.7 Å². The number of aliphatic hydroxyl groups excluding tert-OH is 1. The highest BCUT2D eigenvalue weighted by Crippen LogP contribution is 2.72. The average molecular weight is 1410 g/mol. The molecule has 0 amide bonds.